The van der Waals surface area contributed by atoms with E-state index < -0.39 is 5.91 Å². The molecule has 3 heterocycles. The Kier molecular flexibility index (Phi) is 4.98. The molecule has 0 saturated carbocycles. The first-order chi connectivity index (χ1) is 15.5. The first-order valence-electron chi connectivity index (χ1n) is 10.9. The van der Waals surface area contributed by atoms with E-state index in [-0.39, 0.29) is 12.1 Å². The molecule has 1 atom stereocenters. The normalized spacial score (nSPS) is 17.6. The summed E-state index contributed by atoms with van der Waals surface area (Å²) in [5, 5.41) is 10.1. The number of nitrogens with zero attached hydrogens (tertiary/aromatic N) is 3. The molecule has 1 aromatic heterocycles. The maximum atomic E-state index is 13.1. The summed E-state index contributed by atoms with van der Waals surface area (Å²) in [5.74, 6) is -0.532. The third kappa shape index (κ3) is 3.08. The van der Waals surface area contributed by atoms with Crippen LogP contribution in [0.2, 0.25) is 0 Å². The fraction of sp³-hybridized carbons (Fsp3) is 0.280. The molecule has 0 bridgehead atoms. The van der Waals surface area contributed by atoms with Gasteiger partial charge in [0.2, 0.25) is 0 Å². The second-order valence-corrected chi connectivity index (χ2v) is 8.44. The second-order valence-electron chi connectivity index (χ2n) is 8.44. The number of amides is 3. The van der Waals surface area contributed by atoms with Crippen molar-refractivity contribution in [1.29, 1.82) is 0 Å². The summed E-state index contributed by atoms with van der Waals surface area (Å²) in [7, 11) is 0. The monoisotopic (exact) mass is 430 g/mol. The molecule has 0 aliphatic carbocycles. The molecule has 164 valence electrons. The van der Waals surface area contributed by atoms with Crippen molar-refractivity contribution in [3.8, 4) is 0 Å². The Morgan fingerprint density at radius 2 is 1.94 bits per heavy atom. The minimum Gasteiger partial charge on any atom is -0.338 e. The largest absolute Gasteiger partial charge is 0.338 e. The summed E-state index contributed by atoms with van der Waals surface area (Å²) >= 11 is 0. The maximum Gasteiger partial charge on any atom is 0.325 e. The van der Waals surface area contributed by atoms with Crippen molar-refractivity contribution >= 4 is 22.8 Å². The molecular weight excluding hydrogens is 404 g/mol. The lowest BCUT2D eigenvalue weighted by Gasteiger charge is -2.29. The third-order valence-electron chi connectivity index (χ3n) is 6.60. The van der Waals surface area contributed by atoms with E-state index in [0.29, 0.717) is 25.2 Å². The molecule has 2 aromatic carbocycles. The van der Waals surface area contributed by atoms with Crippen molar-refractivity contribution < 1.29 is 14.8 Å². The SMILES string of the molecule is C=C1C2Cc3c(n(Cc4ccc(C(=O)NO)cc4)c4ccccc34)CN2C(=O)N1CCC. The smallest absolute Gasteiger partial charge is 0.325 e. The number of rotatable bonds is 5. The van der Waals surface area contributed by atoms with Crippen LogP contribution in [0.5, 0.6) is 0 Å². The van der Waals surface area contributed by atoms with Crippen LogP contribution in [0.4, 0.5) is 4.79 Å². The standard InChI is InChI=1S/C25H26N4O3/c1-3-12-27-16(2)22-13-20-19-6-4-5-7-21(19)28(23(20)15-29(22)25(27)31)14-17-8-10-18(11-9-17)24(30)26-32/h4-11,22,32H,2-3,12-15H2,1H3,(H,26,30). The van der Waals surface area contributed by atoms with Gasteiger partial charge in [-0.2, -0.15) is 0 Å². The molecule has 1 unspecified atom stereocenters. The highest BCUT2D eigenvalue weighted by atomic mass is 16.5. The Balaban J connectivity index is 1.53. The van der Waals surface area contributed by atoms with Gasteiger partial charge in [0.1, 0.15) is 0 Å². The lowest BCUT2D eigenvalue weighted by atomic mass is 9.96. The number of aromatic nitrogens is 1. The van der Waals surface area contributed by atoms with Crippen LogP contribution in [-0.2, 0) is 19.5 Å². The van der Waals surface area contributed by atoms with Crippen LogP contribution in [0.1, 0.15) is 40.5 Å². The molecule has 3 aromatic rings. The highest BCUT2D eigenvalue weighted by molar-refractivity contribution is 5.93. The highest BCUT2D eigenvalue weighted by Crippen LogP contribution is 2.39. The first kappa shape index (κ1) is 20.3. The number of carbonyl (C=O) groups excluding carboxylic acids is 2. The van der Waals surface area contributed by atoms with Gasteiger partial charge in [-0.05, 0) is 35.7 Å². The number of para-hydroxylation sites is 1. The van der Waals surface area contributed by atoms with Crippen molar-refractivity contribution in [2.45, 2.75) is 38.9 Å². The van der Waals surface area contributed by atoms with E-state index in [0.717, 1.165) is 35.3 Å². The topological polar surface area (TPSA) is 77.8 Å². The summed E-state index contributed by atoms with van der Waals surface area (Å²) in [6.45, 7) is 8.20. The van der Waals surface area contributed by atoms with Crippen molar-refractivity contribution in [3.05, 3.63) is 83.2 Å². The zero-order valence-electron chi connectivity index (χ0n) is 18.0. The van der Waals surface area contributed by atoms with E-state index >= 15 is 0 Å². The number of fused-ring (bicyclic) bond motifs is 4. The molecule has 0 radical (unpaired) electrons. The highest BCUT2D eigenvalue weighted by Gasteiger charge is 2.44. The zero-order valence-corrected chi connectivity index (χ0v) is 18.0. The van der Waals surface area contributed by atoms with Crippen LogP contribution in [0.3, 0.4) is 0 Å². The van der Waals surface area contributed by atoms with Crippen molar-refractivity contribution in [2.24, 2.45) is 0 Å². The lowest BCUT2D eigenvalue weighted by molar-refractivity contribution is 0.0706. The Labute approximate surface area is 186 Å². The van der Waals surface area contributed by atoms with Gasteiger partial charge < -0.3 is 9.47 Å². The molecule has 7 nitrogen and oxygen atoms in total. The predicted octanol–water partition coefficient (Wildman–Crippen LogP) is 3.89. The molecule has 1 fully saturated rings. The molecule has 0 spiro atoms. The van der Waals surface area contributed by atoms with E-state index in [4.69, 9.17) is 5.21 Å². The van der Waals surface area contributed by atoms with Gasteiger partial charge in [-0.1, -0.05) is 43.8 Å². The Morgan fingerprint density at radius 3 is 2.66 bits per heavy atom. The Hall–Kier alpha value is -3.58. The average Bonchev–Trinajstić information content (AvgIpc) is 3.25. The van der Waals surface area contributed by atoms with E-state index in [1.807, 2.05) is 28.0 Å². The van der Waals surface area contributed by atoms with Crippen LogP contribution < -0.4 is 5.48 Å². The molecule has 7 heteroatoms. The minimum absolute atomic E-state index is 0.0112. The molecule has 5 rings (SSSR count). The predicted molar refractivity (Wildman–Crippen MR) is 121 cm³/mol. The van der Waals surface area contributed by atoms with Gasteiger partial charge >= 0.3 is 6.03 Å². The number of urea groups is 1. The van der Waals surface area contributed by atoms with Crippen molar-refractivity contribution in [1.82, 2.24) is 19.8 Å². The van der Waals surface area contributed by atoms with Crippen LogP contribution in [0.15, 0.2) is 60.8 Å². The van der Waals surface area contributed by atoms with E-state index in [1.54, 1.807) is 17.6 Å². The maximum absolute atomic E-state index is 13.1. The number of nitrogens with one attached hydrogen (secondary N) is 1. The fourth-order valence-corrected chi connectivity index (χ4v) is 5.02. The molecular formula is C25H26N4O3. The minimum atomic E-state index is -0.532. The van der Waals surface area contributed by atoms with E-state index in [9.17, 15) is 9.59 Å². The summed E-state index contributed by atoms with van der Waals surface area (Å²) in [6.07, 6.45) is 1.67. The molecule has 2 aliphatic rings. The fourth-order valence-electron chi connectivity index (χ4n) is 5.02. The van der Waals surface area contributed by atoms with Gasteiger partial charge in [0, 0.05) is 47.4 Å². The van der Waals surface area contributed by atoms with Gasteiger partial charge in [0.15, 0.2) is 0 Å². The average molecular weight is 431 g/mol. The Morgan fingerprint density at radius 1 is 1.19 bits per heavy atom. The van der Waals surface area contributed by atoms with Gasteiger partial charge in [-0.15, -0.1) is 0 Å². The molecule has 32 heavy (non-hydrogen) atoms. The molecule has 3 amide bonds. The van der Waals surface area contributed by atoms with E-state index in [1.165, 1.54) is 10.9 Å². The van der Waals surface area contributed by atoms with Crippen LogP contribution in [-0.4, -0.2) is 44.1 Å². The molecule has 1 saturated heterocycles. The Bertz CT molecular complexity index is 1230. The summed E-state index contributed by atoms with van der Waals surface area (Å²) < 4.78 is 2.28. The zero-order chi connectivity index (χ0) is 22.4. The summed E-state index contributed by atoms with van der Waals surface area (Å²) in [6, 6.07) is 15.6. The van der Waals surface area contributed by atoms with Gasteiger partial charge in [-0.25, -0.2) is 10.3 Å². The van der Waals surface area contributed by atoms with Crippen LogP contribution >= 0.6 is 0 Å². The number of hydrogen-bond acceptors (Lipinski definition) is 3. The third-order valence-corrected chi connectivity index (χ3v) is 6.60. The second kappa shape index (κ2) is 7.84. The van der Waals surface area contributed by atoms with Gasteiger partial charge in [0.25, 0.3) is 5.91 Å². The van der Waals surface area contributed by atoms with Crippen molar-refractivity contribution in [2.75, 3.05) is 6.54 Å². The van der Waals surface area contributed by atoms with Crippen LogP contribution in [0, 0.1) is 0 Å². The number of hydrogen-bond donors (Lipinski definition) is 2. The quantitative estimate of drug-likeness (QED) is 0.476. The lowest BCUT2D eigenvalue weighted by Crippen LogP contribution is -2.39. The summed E-state index contributed by atoms with van der Waals surface area (Å²) in [4.78, 5) is 28.5. The van der Waals surface area contributed by atoms with Gasteiger partial charge in [-0.3, -0.25) is 14.9 Å². The van der Waals surface area contributed by atoms with Gasteiger partial charge in [0.05, 0.1) is 12.6 Å². The first-order valence-corrected chi connectivity index (χ1v) is 10.9. The number of hydroxylamine groups is 1. The molecule has 2 aliphatic heterocycles. The number of benzene rings is 2. The molecule has 2 N–H and O–H groups in total. The number of carbonyl (C=O) groups is 2. The summed E-state index contributed by atoms with van der Waals surface area (Å²) in [5.41, 5.74) is 7.57. The van der Waals surface area contributed by atoms with E-state index in [2.05, 4.69) is 36.3 Å². The van der Waals surface area contributed by atoms with Crippen molar-refractivity contribution in [3.63, 3.8) is 0 Å². The van der Waals surface area contributed by atoms with Crippen LogP contribution in [0.25, 0.3) is 10.9 Å².